The minimum atomic E-state index is -0.199. The molecule has 2 aliphatic rings. The van der Waals surface area contributed by atoms with Crippen molar-refractivity contribution < 1.29 is 23.9 Å². The molecule has 1 aromatic rings. The third kappa shape index (κ3) is 5.64. The first-order valence-corrected chi connectivity index (χ1v) is 10.6. The summed E-state index contributed by atoms with van der Waals surface area (Å²) in [5.41, 5.74) is 0.471. The van der Waals surface area contributed by atoms with Gasteiger partial charge in [0.15, 0.2) is 0 Å². The molecule has 0 aliphatic carbocycles. The number of carbonyl (C=O) groups is 3. The normalized spacial score (nSPS) is 19.4. The van der Waals surface area contributed by atoms with Crippen LogP contribution in [0.15, 0.2) is 18.2 Å². The van der Waals surface area contributed by atoms with Gasteiger partial charge in [-0.2, -0.15) is 0 Å². The van der Waals surface area contributed by atoms with Gasteiger partial charge < -0.3 is 24.6 Å². The number of methoxy groups -OCH3 is 2. The first kappa shape index (κ1) is 21.9. The van der Waals surface area contributed by atoms with E-state index in [2.05, 4.69) is 5.32 Å². The SMILES string of the molecule is COc1cc(OC)cc(C(=O)NCC2CCCN(C(=O)CN3CCCCC3=O)C2)c1. The van der Waals surface area contributed by atoms with Crippen LogP contribution in [0.4, 0.5) is 0 Å². The third-order valence-electron chi connectivity index (χ3n) is 5.78. The highest BCUT2D eigenvalue weighted by atomic mass is 16.5. The number of rotatable bonds is 7. The Labute approximate surface area is 177 Å². The molecule has 2 saturated heterocycles. The molecule has 0 aromatic heterocycles. The third-order valence-corrected chi connectivity index (χ3v) is 5.78. The van der Waals surface area contributed by atoms with Crippen LogP contribution in [-0.2, 0) is 9.59 Å². The molecule has 30 heavy (non-hydrogen) atoms. The minimum absolute atomic E-state index is 0.00110. The van der Waals surface area contributed by atoms with E-state index in [9.17, 15) is 14.4 Å². The van der Waals surface area contributed by atoms with Crippen molar-refractivity contribution in [3.05, 3.63) is 23.8 Å². The molecule has 0 radical (unpaired) electrons. The number of carbonyl (C=O) groups excluding carboxylic acids is 3. The molecule has 0 saturated carbocycles. The predicted octanol–water partition coefficient (Wildman–Crippen LogP) is 1.68. The average molecular weight is 418 g/mol. The summed E-state index contributed by atoms with van der Waals surface area (Å²) < 4.78 is 10.4. The molecule has 8 nitrogen and oxygen atoms in total. The van der Waals surface area contributed by atoms with Crippen molar-refractivity contribution >= 4 is 17.7 Å². The van der Waals surface area contributed by atoms with Crippen molar-refractivity contribution in [1.82, 2.24) is 15.1 Å². The molecule has 3 rings (SSSR count). The number of hydrogen-bond acceptors (Lipinski definition) is 5. The maximum absolute atomic E-state index is 12.7. The summed E-state index contributed by atoms with van der Waals surface area (Å²) in [4.78, 5) is 40.7. The lowest BCUT2D eigenvalue weighted by Gasteiger charge is -2.35. The quantitative estimate of drug-likeness (QED) is 0.729. The second-order valence-corrected chi connectivity index (χ2v) is 7.93. The van der Waals surface area contributed by atoms with Crippen LogP contribution in [0.5, 0.6) is 11.5 Å². The van der Waals surface area contributed by atoms with Crippen LogP contribution in [0.25, 0.3) is 0 Å². The maximum Gasteiger partial charge on any atom is 0.251 e. The first-order valence-electron chi connectivity index (χ1n) is 10.6. The van der Waals surface area contributed by atoms with Gasteiger partial charge in [-0.05, 0) is 43.7 Å². The van der Waals surface area contributed by atoms with Gasteiger partial charge in [-0.1, -0.05) is 0 Å². The van der Waals surface area contributed by atoms with Crippen LogP contribution < -0.4 is 14.8 Å². The zero-order valence-electron chi connectivity index (χ0n) is 17.8. The summed E-state index contributed by atoms with van der Waals surface area (Å²) in [6, 6.07) is 5.06. The van der Waals surface area contributed by atoms with Gasteiger partial charge in [0.2, 0.25) is 11.8 Å². The fourth-order valence-electron chi connectivity index (χ4n) is 4.03. The van der Waals surface area contributed by atoms with E-state index in [1.54, 1.807) is 37.3 Å². The van der Waals surface area contributed by atoms with E-state index in [1.807, 2.05) is 4.90 Å². The maximum atomic E-state index is 12.7. The van der Waals surface area contributed by atoms with Crippen LogP contribution in [0, 0.1) is 5.92 Å². The highest BCUT2D eigenvalue weighted by Gasteiger charge is 2.27. The van der Waals surface area contributed by atoms with Crippen LogP contribution in [0.1, 0.15) is 42.5 Å². The number of benzene rings is 1. The lowest BCUT2D eigenvalue weighted by molar-refractivity contribution is -0.142. The van der Waals surface area contributed by atoms with E-state index in [-0.39, 0.29) is 30.2 Å². The molecule has 2 heterocycles. The molecule has 2 aliphatic heterocycles. The molecule has 0 bridgehead atoms. The van der Waals surface area contributed by atoms with Crippen molar-refractivity contribution in [1.29, 1.82) is 0 Å². The second kappa shape index (κ2) is 10.3. The van der Waals surface area contributed by atoms with Gasteiger partial charge in [0, 0.05) is 44.2 Å². The Morgan fingerprint density at radius 2 is 1.80 bits per heavy atom. The summed E-state index contributed by atoms with van der Waals surface area (Å²) in [6.07, 6.45) is 4.26. The van der Waals surface area contributed by atoms with Crippen LogP contribution in [0.2, 0.25) is 0 Å². The number of nitrogens with one attached hydrogen (secondary N) is 1. The lowest BCUT2D eigenvalue weighted by atomic mass is 9.97. The smallest absolute Gasteiger partial charge is 0.251 e. The fourth-order valence-corrected chi connectivity index (χ4v) is 4.03. The largest absolute Gasteiger partial charge is 0.497 e. The zero-order valence-corrected chi connectivity index (χ0v) is 17.8. The summed E-state index contributed by atoms with van der Waals surface area (Å²) in [5, 5.41) is 2.97. The molecule has 1 N–H and O–H groups in total. The number of piperidine rings is 2. The minimum Gasteiger partial charge on any atom is -0.497 e. The van der Waals surface area contributed by atoms with Crippen LogP contribution >= 0.6 is 0 Å². The van der Waals surface area contributed by atoms with E-state index in [0.29, 0.717) is 49.7 Å². The Kier molecular flexibility index (Phi) is 7.54. The van der Waals surface area contributed by atoms with Crippen LogP contribution in [0.3, 0.4) is 0 Å². The highest BCUT2D eigenvalue weighted by molar-refractivity contribution is 5.95. The van der Waals surface area contributed by atoms with Crippen molar-refractivity contribution in [3.63, 3.8) is 0 Å². The van der Waals surface area contributed by atoms with Gasteiger partial charge in [0.25, 0.3) is 5.91 Å². The molecule has 1 aromatic carbocycles. The topological polar surface area (TPSA) is 88.2 Å². The standard InChI is InChI=1S/C22H31N3O5/c1-29-18-10-17(11-19(12-18)30-2)22(28)23-13-16-6-5-9-24(14-16)21(27)15-25-8-4-3-7-20(25)26/h10-12,16H,3-9,13-15H2,1-2H3,(H,23,28). The Hall–Kier alpha value is -2.77. The van der Waals surface area contributed by atoms with E-state index in [1.165, 1.54) is 0 Å². The highest BCUT2D eigenvalue weighted by Crippen LogP contribution is 2.23. The monoisotopic (exact) mass is 417 g/mol. The van der Waals surface area contributed by atoms with Gasteiger partial charge in [-0.3, -0.25) is 14.4 Å². The number of hydrogen-bond donors (Lipinski definition) is 1. The van der Waals surface area contributed by atoms with Crippen molar-refractivity contribution in [3.8, 4) is 11.5 Å². The first-order chi connectivity index (χ1) is 14.5. The summed E-state index contributed by atoms with van der Waals surface area (Å²) in [6.45, 7) is 2.63. The van der Waals surface area contributed by atoms with Crippen molar-refractivity contribution in [2.45, 2.75) is 32.1 Å². The van der Waals surface area contributed by atoms with Gasteiger partial charge in [-0.15, -0.1) is 0 Å². The van der Waals surface area contributed by atoms with Gasteiger partial charge >= 0.3 is 0 Å². The van der Waals surface area contributed by atoms with Gasteiger partial charge in [0.1, 0.15) is 11.5 Å². The molecule has 3 amide bonds. The van der Waals surface area contributed by atoms with E-state index in [0.717, 1.165) is 25.7 Å². The Morgan fingerprint density at radius 3 is 2.47 bits per heavy atom. The summed E-state index contributed by atoms with van der Waals surface area (Å²) >= 11 is 0. The fraction of sp³-hybridized carbons (Fsp3) is 0.591. The molecule has 8 heteroatoms. The molecule has 164 valence electrons. The number of ether oxygens (including phenoxy) is 2. The summed E-state index contributed by atoms with van der Waals surface area (Å²) in [7, 11) is 3.09. The predicted molar refractivity (Wildman–Crippen MR) is 112 cm³/mol. The van der Waals surface area contributed by atoms with Gasteiger partial charge in [-0.25, -0.2) is 0 Å². The van der Waals surface area contributed by atoms with Crippen molar-refractivity contribution in [2.75, 3.05) is 46.9 Å². The Bertz CT molecular complexity index is 760. The average Bonchev–Trinajstić information content (AvgIpc) is 2.78. The van der Waals surface area contributed by atoms with E-state index in [4.69, 9.17) is 9.47 Å². The lowest BCUT2D eigenvalue weighted by Crippen LogP contribution is -2.49. The number of nitrogens with zero attached hydrogens (tertiary/aromatic N) is 2. The number of likely N-dealkylation sites (tertiary alicyclic amines) is 2. The molecule has 0 spiro atoms. The Morgan fingerprint density at radius 1 is 1.07 bits per heavy atom. The molecular formula is C22H31N3O5. The molecular weight excluding hydrogens is 386 g/mol. The van der Waals surface area contributed by atoms with Crippen LogP contribution in [-0.4, -0.2) is 74.5 Å². The molecule has 1 unspecified atom stereocenters. The van der Waals surface area contributed by atoms with Crippen molar-refractivity contribution in [2.24, 2.45) is 5.92 Å². The van der Waals surface area contributed by atoms with E-state index < -0.39 is 0 Å². The zero-order chi connectivity index (χ0) is 21.5. The van der Waals surface area contributed by atoms with E-state index >= 15 is 0 Å². The molecule has 2 fully saturated rings. The summed E-state index contributed by atoms with van der Waals surface area (Å²) in [5.74, 6) is 1.18. The second-order valence-electron chi connectivity index (χ2n) is 7.93. The molecule has 1 atom stereocenters. The number of amides is 3. The Balaban J connectivity index is 1.51. The van der Waals surface area contributed by atoms with Gasteiger partial charge in [0.05, 0.1) is 20.8 Å².